The summed E-state index contributed by atoms with van der Waals surface area (Å²) in [6.45, 7) is 11.7. The van der Waals surface area contributed by atoms with Crippen molar-refractivity contribution in [3.05, 3.63) is 53.9 Å². The standard InChI is InChI=1S/C38H47BN4O6/c1-20(2)32(42-36(45)47-7)35(44)43-29-10-8-9-22(29)17-30(43)34-40-28-14-11-21-16-27-25-13-12-24(39-49-38(5,6)37(3,4)46)15-23(25)19-48-31(27)18-26(21)33(28)41-34/h11-16,18,20,22,29-30,32,39,46H,8-10,17,19H2,1-7H3,(H,40,41)(H,42,45)/t22-,29-,30-,32?/m0/s1. The molecule has 0 bridgehead atoms. The highest BCUT2D eigenvalue weighted by molar-refractivity contribution is 6.47. The van der Waals surface area contributed by atoms with Gasteiger partial charge in [0.15, 0.2) is 0 Å². The van der Waals surface area contributed by atoms with E-state index in [1.54, 1.807) is 13.8 Å². The Hall–Kier alpha value is -4.09. The zero-order valence-corrected chi connectivity index (χ0v) is 29.6. The van der Waals surface area contributed by atoms with E-state index >= 15 is 0 Å². The van der Waals surface area contributed by atoms with Gasteiger partial charge in [-0.3, -0.25) is 4.79 Å². The zero-order chi connectivity index (χ0) is 34.8. The number of hydrogen-bond donors (Lipinski definition) is 3. The molecule has 1 saturated carbocycles. The van der Waals surface area contributed by atoms with Crippen LogP contribution in [-0.4, -0.2) is 69.9 Å². The Kier molecular flexibility index (Phi) is 8.42. The van der Waals surface area contributed by atoms with E-state index in [0.29, 0.717) is 20.0 Å². The Labute approximate surface area is 288 Å². The van der Waals surface area contributed by atoms with E-state index in [1.165, 1.54) is 7.11 Å². The smallest absolute Gasteiger partial charge is 0.407 e. The molecule has 3 N–H and O–H groups in total. The van der Waals surface area contributed by atoms with Gasteiger partial charge in [0.2, 0.25) is 5.91 Å². The SMILES string of the molecule is COC(=O)NC(C(=O)N1[C@H](c2nc3ccc4cc5c(cc4c3[nH]2)OCc2cc(BOC(C)(C)C(C)(C)O)ccc2-5)C[C@@H]2CCC[C@@H]21)C(C)C. The molecular formula is C38H47BN4O6. The number of aromatic nitrogens is 2. The molecule has 11 heteroatoms. The monoisotopic (exact) mass is 666 g/mol. The predicted molar refractivity (Wildman–Crippen MR) is 191 cm³/mol. The molecule has 0 spiro atoms. The Morgan fingerprint density at radius 1 is 1.10 bits per heavy atom. The molecule has 4 aromatic rings. The van der Waals surface area contributed by atoms with Gasteiger partial charge in [-0.25, -0.2) is 9.78 Å². The largest absolute Gasteiger partial charge is 0.488 e. The lowest BCUT2D eigenvalue weighted by molar-refractivity contribution is -0.137. The van der Waals surface area contributed by atoms with Crippen molar-refractivity contribution in [2.45, 2.75) is 103 Å². The van der Waals surface area contributed by atoms with Crippen LogP contribution >= 0.6 is 0 Å². The van der Waals surface area contributed by atoms with Gasteiger partial charge in [-0.1, -0.05) is 50.0 Å². The summed E-state index contributed by atoms with van der Waals surface area (Å²) >= 11 is 0. The molecule has 3 heterocycles. The molecule has 2 amide bonds. The van der Waals surface area contributed by atoms with Crippen LogP contribution in [0.25, 0.3) is 32.9 Å². The summed E-state index contributed by atoms with van der Waals surface area (Å²) in [4.78, 5) is 37.1. The lowest BCUT2D eigenvalue weighted by atomic mass is 9.80. The number of nitrogens with zero attached hydrogens (tertiary/aromatic N) is 2. The second-order valence-electron chi connectivity index (χ2n) is 15.4. The quantitative estimate of drug-likeness (QED) is 0.208. The number of ether oxygens (including phenoxy) is 2. The lowest BCUT2D eigenvalue weighted by Gasteiger charge is -2.37. The fourth-order valence-electron chi connectivity index (χ4n) is 7.76. The summed E-state index contributed by atoms with van der Waals surface area (Å²) in [5.41, 5.74) is 4.38. The molecule has 49 heavy (non-hydrogen) atoms. The summed E-state index contributed by atoms with van der Waals surface area (Å²) < 4.78 is 17.3. The molecule has 2 aliphatic heterocycles. The van der Waals surface area contributed by atoms with Crippen molar-refractivity contribution in [1.82, 2.24) is 20.2 Å². The van der Waals surface area contributed by atoms with Crippen molar-refractivity contribution in [3.8, 4) is 16.9 Å². The summed E-state index contributed by atoms with van der Waals surface area (Å²) in [6.07, 6.45) is 3.38. The Balaban J connectivity index is 1.20. The van der Waals surface area contributed by atoms with Crippen LogP contribution < -0.4 is 15.5 Å². The Bertz CT molecular complexity index is 1930. The average molecular weight is 667 g/mol. The van der Waals surface area contributed by atoms with E-state index in [2.05, 4.69) is 46.7 Å². The summed E-state index contributed by atoms with van der Waals surface area (Å²) in [5.74, 6) is 1.82. The van der Waals surface area contributed by atoms with Crippen LogP contribution in [0.5, 0.6) is 5.75 Å². The van der Waals surface area contributed by atoms with Crippen LogP contribution in [-0.2, 0) is 20.8 Å². The molecule has 1 saturated heterocycles. The van der Waals surface area contributed by atoms with Gasteiger partial charge in [-0.05, 0) is 93.5 Å². The third-order valence-electron chi connectivity index (χ3n) is 11.3. The van der Waals surface area contributed by atoms with Crippen LogP contribution in [0.3, 0.4) is 0 Å². The van der Waals surface area contributed by atoms with Gasteiger partial charge in [0.05, 0.1) is 35.4 Å². The van der Waals surface area contributed by atoms with Crippen LogP contribution in [0, 0.1) is 11.8 Å². The number of nitrogens with one attached hydrogen (secondary N) is 2. The summed E-state index contributed by atoms with van der Waals surface area (Å²) in [7, 11) is 1.71. The predicted octanol–water partition coefficient (Wildman–Crippen LogP) is 5.64. The number of fused-ring (bicyclic) bond motifs is 7. The molecule has 1 aliphatic carbocycles. The Morgan fingerprint density at radius 2 is 1.90 bits per heavy atom. The van der Waals surface area contributed by atoms with E-state index in [0.717, 1.165) is 81.2 Å². The molecule has 7 rings (SSSR count). The minimum atomic E-state index is -0.974. The number of aromatic amines is 1. The molecule has 258 valence electrons. The molecule has 10 nitrogen and oxygen atoms in total. The van der Waals surface area contributed by atoms with E-state index < -0.39 is 23.3 Å². The van der Waals surface area contributed by atoms with Crippen LogP contribution in [0.1, 0.15) is 84.7 Å². The fraction of sp³-hybridized carbons (Fsp3) is 0.500. The maximum Gasteiger partial charge on any atom is 0.407 e. The molecule has 4 atom stereocenters. The highest BCUT2D eigenvalue weighted by Gasteiger charge is 2.49. The van der Waals surface area contributed by atoms with Crippen molar-refractivity contribution in [3.63, 3.8) is 0 Å². The van der Waals surface area contributed by atoms with E-state index in [-0.39, 0.29) is 23.9 Å². The minimum absolute atomic E-state index is 0.0816. The summed E-state index contributed by atoms with van der Waals surface area (Å²) in [6, 6.07) is 14.0. The van der Waals surface area contributed by atoms with E-state index in [9.17, 15) is 14.7 Å². The number of likely N-dealkylation sites (tertiary alicyclic amines) is 1. The van der Waals surface area contributed by atoms with Crippen LogP contribution in [0.15, 0.2) is 42.5 Å². The Morgan fingerprint density at radius 3 is 2.63 bits per heavy atom. The molecule has 1 unspecified atom stereocenters. The average Bonchev–Trinajstić information content (AvgIpc) is 3.79. The van der Waals surface area contributed by atoms with Gasteiger partial charge >= 0.3 is 13.6 Å². The van der Waals surface area contributed by atoms with Crippen molar-refractivity contribution >= 4 is 46.8 Å². The number of hydrogen-bond acceptors (Lipinski definition) is 7. The minimum Gasteiger partial charge on any atom is -0.488 e. The van der Waals surface area contributed by atoms with E-state index in [1.807, 2.05) is 38.7 Å². The number of aliphatic hydroxyl groups is 1. The third-order valence-corrected chi connectivity index (χ3v) is 11.3. The lowest BCUT2D eigenvalue weighted by Crippen LogP contribution is -2.53. The zero-order valence-electron chi connectivity index (χ0n) is 29.6. The first-order chi connectivity index (χ1) is 23.3. The molecule has 3 aliphatic rings. The number of rotatable bonds is 8. The number of H-pyrrole nitrogens is 1. The topological polar surface area (TPSA) is 126 Å². The first-order valence-electron chi connectivity index (χ1n) is 17.5. The highest BCUT2D eigenvalue weighted by atomic mass is 16.5. The van der Waals surface area contributed by atoms with E-state index in [4.69, 9.17) is 19.1 Å². The van der Waals surface area contributed by atoms with Gasteiger partial charge in [0.25, 0.3) is 0 Å². The van der Waals surface area contributed by atoms with Gasteiger partial charge in [0.1, 0.15) is 24.2 Å². The van der Waals surface area contributed by atoms with Gasteiger partial charge in [-0.2, -0.15) is 0 Å². The van der Waals surface area contributed by atoms with Crippen molar-refractivity contribution < 1.29 is 28.8 Å². The molecule has 3 aromatic carbocycles. The molecule has 0 radical (unpaired) electrons. The van der Waals surface area contributed by atoms with Crippen molar-refractivity contribution in [2.75, 3.05) is 7.11 Å². The van der Waals surface area contributed by atoms with Gasteiger partial charge in [-0.15, -0.1) is 0 Å². The second-order valence-corrected chi connectivity index (χ2v) is 15.4. The number of methoxy groups -OCH3 is 1. The maximum absolute atomic E-state index is 14.2. The highest BCUT2D eigenvalue weighted by Crippen LogP contribution is 2.48. The normalized spacial score (nSPS) is 20.9. The van der Waals surface area contributed by atoms with Crippen molar-refractivity contribution in [1.29, 1.82) is 0 Å². The number of imidazole rings is 1. The molecule has 2 fully saturated rings. The first-order valence-corrected chi connectivity index (χ1v) is 17.5. The first kappa shape index (κ1) is 33.4. The molecular weight excluding hydrogens is 619 g/mol. The summed E-state index contributed by atoms with van der Waals surface area (Å²) in [5, 5.41) is 15.4. The number of benzene rings is 3. The number of amides is 2. The second kappa shape index (κ2) is 12.4. The third kappa shape index (κ3) is 5.95. The number of carbonyl (C=O) groups excluding carboxylic acids is 2. The number of alkyl carbamates (subject to hydrolysis) is 1. The number of carbonyl (C=O) groups is 2. The fourth-order valence-corrected chi connectivity index (χ4v) is 7.76. The maximum atomic E-state index is 14.2. The van der Waals surface area contributed by atoms with Crippen LogP contribution in [0.4, 0.5) is 4.79 Å². The van der Waals surface area contributed by atoms with Crippen molar-refractivity contribution in [2.24, 2.45) is 11.8 Å². The molecule has 1 aromatic heterocycles. The van der Waals surface area contributed by atoms with Gasteiger partial charge in [0, 0.05) is 17.0 Å². The van der Waals surface area contributed by atoms with Gasteiger partial charge < -0.3 is 34.4 Å². The van der Waals surface area contributed by atoms with Crippen LogP contribution in [0.2, 0.25) is 0 Å².